The molecule has 2 saturated heterocycles. The second kappa shape index (κ2) is 7.19. The highest BCUT2D eigenvalue weighted by molar-refractivity contribution is 7.18. The molecule has 0 radical (unpaired) electrons. The molecule has 0 aliphatic carbocycles. The number of aryl methyl sites for hydroxylation is 1. The SMILES string of the molecule is O=C(CCCCc1nc2ccccc2s1)N1C2CCNCC1CC2. The lowest BCUT2D eigenvalue weighted by Gasteiger charge is -2.28. The van der Waals surface area contributed by atoms with E-state index < -0.39 is 0 Å². The smallest absolute Gasteiger partial charge is 0.223 e. The molecule has 128 valence electrons. The van der Waals surface area contributed by atoms with Crippen LogP contribution in [0.4, 0.5) is 0 Å². The van der Waals surface area contributed by atoms with Gasteiger partial charge in [0.1, 0.15) is 0 Å². The second-order valence-electron chi connectivity index (χ2n) is 6.96. The highest BCUT2D eigenvalue weighted by atomic mass is 32.1. The van der Waals surface area contributed by atoms with Crippen LogP contribution in [0.25, 0.3) is 10.2 Å². The monoisotopic (exact) mass is 343 g/mol. The van der Waals surface area contributed by atoms with Crippen molar-refractivity contribution in [1.82, 2.24) is 15.2 Å². The summed E-state index contributed by atoms with van der Waals surface area (Å²) < 4.78 is 1.26. The van der Waals surface area contributed by atoms with Gasteiger partial charge in [-0.1, -0.05) is 12.1 Å². The minimum atomic E-state index is 0.371. The Morgan fingerprint density at radius 2 is 2.08 bits per heavy atom. The molecule has 2 bridgehead atoms. The van der Waals surface area contributed by atoms with Gasteiger partial charge in [0.25, 0.3) is 0 Å². The highest BCUT2D eigenvalue weighted by Gasteiger charge is 2.37. The Hall–Kier alpha value is -1.46. The molecule has 0 saturated carbocycles. The van der Waals surface area contributed by atoms with Gasteiger partial charge < -0.3 is 10.2 Å². The number of nitrogens with one attached hydrogen (secondary N) is 1. The molecule has 24 heavy (non-hydrogen) atoms. The second-order valence-corrected chi connectivity index (χ2v) is 8.08. The zero-order valence-electron chi connectivity index (χ0n) is 14.0. The van der Waals surface area contributed by atoms with Gasteiger partial charge in [0.05, 0.1) is 15.2 Å². The molecular weight excluding hydrogens is 318 g/mol. The van der Waals surface area contributed by atoms with Gasteiger partial charge in [-0.2, -0.15) is 0 Å². The number of aromatic nitrogens is 1. The van der Waals surface area contributed by atoms with Crippen molar-refractivity contribution >= 4 is 27.5 Å². The summed E-state index contributed by atoms with van der Waals surface area (Å²) in [6, 6.07) is 9.23. The maximum Gasteiger partial charge on any atom is 0.223 e. The van der Waals surface area contributed by atoms with Crippen molar-refractivity contribution in [2.24, 2.45) is 0 Å². The van der Waals surface area contributed by atoms with E-state index >= 15 is 0 Å². The minimum Gasteiger partial charge on any atom is -0.335 e. The molecule has 3 heterocycles. The van der Waals surface area contributed by atoms with Crippen molar-refractivity contribution in [3.8, 4) is 0 Å². The summed E-state index contributed by atoms with van der Waals surface area (Å²) in [5.74, 6) is 0.371. The van der Waals surface area contributed by atoms with Gasteiger partial charge in [-0.05, 0) is 57.2 Å². The number of benzene rings is 1. The number of thiazole rings is 1. The summed E-state index contributed by atoms with van der Waals surface area (Å²) in [5.41, 5.74) is 1.10. The van der Waals surface area contributed by atoms with Crippen molar-refractivity contribution in [3.05, 3.63) is 29.3 Å². The third-order valence-corrected chi connectivity index (χ3v) is 6.41. The lowest BCUT2D eigenvalue weighted by molar-refractivity contribution is -0.133. The number of fused-ring (bicyclic) bond motifs is 3. The molecule has 1 aromatic heterocycles. The van der Waals surface area contributed by atoms with Crippen LogP contribution in [-0.2, 0) is 11.2 Å². The zero-order valence-corrected chi connectivity index (χ0v) is 14.9. The number of carbonyl (C=O) groups is 1. The summed E-state index contributed by atoms with van der Waals surface area (Å²) in [5, 5.41) is 4.66. The van der Waals surface area contributed by atoms with E-state index in [2.05, 4.69) is 33.4 Å². The van der Waals surface area contributed by atoms with E-state index in [1.54, 1.807) is 11.3 Å². The molecule has 0 spiro atoms. The molecular formula is C19H25N3OS. The number of unbranched alkanes of at least 4 members (excludes halogenated alkanes) is 1. The number of rotatable bonds is 5. The first kappa shape index (κ1) is 16.0. The van der Waals surface area contributed by atoms with Crippen LogP contribution in [0.1, 0.15) is 43.5 Å². The summed E-state index contributed by atoms with van der Waals surface area (Å²) in [7, 11) is 0. The number of nitrogens with zero attached hydrogens (tertiary/aromatic N) is 2. The molecule has 2 aromatic rings. The Bertz CT molecular complexity index is 666. The molecule has 5 heteroatoms. The van der Waals surface area contributed by atoms with Gasteiger partial charge in [-0.15, -0.1) is 11.3 Å². The standard InChI is InChI=1S/C19H25N3OS/c23-19(22-14-9-10-15(22)13-20-12-11-14)8-4-3-7-18-21-16-5-1-2-6-17(16)24-18/h1-2,5-6,14-15,20H,3-4,7-13H2. The average Bonchev–Trinajstić information content (AvgIpc) is 3.10. The van der Waals surface area contributed by atoms with E-state index in [1.807, 2.05) is 6.07 Å². The number of para-hydroxylation sites is 1. The topological polar surface area (TPSA) is 45.2 Å². The van der Waals surface area contributed by atoms with Crippen LogP contribution in [0.2, 0.25) is 0 Å². The first-order chi connectivity index (χ1) is 11.8. The van der Waals surface area contributed by atoms with Crippen LogP contribution >= 0.6 is 11.3 Å². The molecule has 2 aliphatic rings. The molecule has 1 aromatic carbocycles. The predicted molar refractivity (Wildman–Crippen MR) is 98.3 cm³/mol. The van der Waals surface area contributed by atoms with Gasteiger partial charge in [-0.25, -0.2) is 4.98 Å². The predicted octanol–water partition coefficient (Wildman–Crippen LogP) is 3.36. The normalized spacial score (nSPS) is 23.6. The highest BCUT2D eigenvalue weighted by Crippen LogP contribution is 2.29. The Morgan fingerprint density at radius 1 is 1.21 bits per heavy atom. The Labute approximate surface area is 147 Å². The van der Waals surface area contributed by atoms with Crippen LogP contribution in [0.3, 0.4) is 0 Å². The lowest BCUT2D eigenvalue weighted by atomic mass is 10.1. The maximum absolute atomic E-state index is 12.6. The summed E-state index contributed by atoms with van der Waals surface area (Å²) in [6.07, 6.45) is 7.19. The van der Waals surface area contributed by atoms with Gasteiger partial charge in [0.2, 0.25) is 5.91 Å². The van der Waals surface area contributed by atoms with Crippen LogP contribution in [0.15, 0.2) is 24.3 Å². The van der Waals surface area contributed by atoms with E-state index in [-0.39, 0.29) is 0 Å². The molecule has 2 aliphatic heterocycles. The first-order valence-corrected chi connectivity index (χ1v) is 9.99. The molecule has 2 unspecified atom stereocenters. The third kappa shape index (κ3) is 3.33. The van der Waals surface area contributed by atoms with Gasteiger partial charge >= 0.3 is 0 Å². The van der Waals surface area contributed by atoms with E-state index in [1.165, 1.54) is 22.5 Å². The molecule has 1 amide bonds. The van der Waals surface area contributed by atoms with E-state index in [0.29, 0.717) is 24.4 Å². The van der Waals surface area contributed by atoms with E-state index in [9.17, 15) is 4.79 Å². The zero-order chi connectivity index (χ0) is 16.4. The third-order valence-electron chi connectivity index (χ3n) is 5.31. The van der Waals surface area contributed by atoms with Crippen molar-refractivity contribution < 1.29 is 4.79 Å². The van der Waals surface area contributed by atoms with Crippen LogP contribution in [-0.4, -0.2) is 41.0 Å². The van der Waals surface area contributed by atoms with Crippen molar-refractivity contribution in [2.75, 3.05) is 13.1 Å². The van der Waals surface area contributed by atoms with Gasteiger partial charge in [-0.3, -0.25) is 4.79 Å². The number of carbonyl (C=O) groups excluding carboxylic acids is 1. The molecule has 2 atom stereocenters. The van der Waals surface area contributed by atoms with Gasteiger partial charge in [0.15, 0.2) is 0 Å². The maximum atomic E-state index is 12.6. The van der Waals surface area contributed by atoms with E-state index in [0.717, 1.165) is 44.3 Å². The Morgan fingerprint density at radius 3 is 3.00 bits per heavy atom. The summed E-state index contributed by atoms with van der Waals surface area (Å²) in [6.45, 7) is 2.04. The first-order valence-electron chi connectivity index (χ1n) is 9.17. The largest absolute Gasteiger partial charge is 0.335 e. The van der Waals surface area contributed by atoms with Crippen LogP contribution in [0.5, 0.6) is 0 Å². The van der Waals surface area contributed by atoms with Crippen molar-refractivity contribution in [3.63, 3.8) is 0 Å². The fourth-order valence-corrected chi connectivity index (χ4v) is 5.11. The fourth-order valence-electron chi connectivity index (χ4n) is 4.10. The van der Waals surface area contributed by atoms with Crippen molar-refractivity contribution in [1.29, 1.82) is 0 Å². The number of hydrogen-bond acceptors (Lipinski definition) is 4. The molecule has 4 nitrogen and oxygen atoms in total. The lowest BCUT2D eigenvalue weighted by Crippen LogP contribution is -2.42. The van der Waals surface area contributed by atoms with Gasteiger partial charge in [0, 0.05) is 25.0 Å². The molecule has 2 fully saturated rings. The molecule has 1 N–H and O–H groups in total. The van der Waals surface area contributed by atoms with Crippen LogP contribution < -0.4 is 5.32 Å². The minimum absolute atomic E-state index is 0.371. The van der Waals surface area contributed by atoms with Crippen LogP contribution in [0, 0.1) is 0 Å². The summed E-state index contributed by atoms with van der Waals surface area (Å²) >= 11 is 1.78. The fraction of sp³-hybridized carbons (Fsp3) is 0.579. The Kier molecular flexibility index (Phi) is 4.81. The number of amides is 1. The Balaban J connectivity index is 1.27. The molecule has 4 rings (SSSR count). The summed E-state index contributed by atoms with van der Waals surface area (Å²) in [4.78, 5) is 19.5. The average molecular weight is 343 g/mol. The number of hydrogen-bond donors (Lipinski definition) is 1. The quantitative estimate of drug-likeness (QED) is 0.847. The van der Waals surface area contributed by atoms with Crippen molar-refractivity contribution in [2.45, 2.75) is 57.0 Å². The van der Waals surface area contributed by atoms with E-state index in [4.69, 9.17) is 0 Å².